The van der Waals surface area contributed by atoms with Gasteiger partial charge < -0.3 is 10.6 Å². The third kappa shape index (κ3) is 3.07. The molecular weight excluding hydrogens is 322 g/mol. The van der Waals surface area contributed by atoms with Crippen LogP contribution in [0.4, 0.5) is 8.78 Å². The Balaban J connectivity index is 1.44. The van der Waals surface area contributed by atoms with Crippen molar-refractivity contribution in [1.29, 1.82) is 0 Å². The van der Waals surface area contributed by atoms with Crippen molar-refractivity contribution in [3.05, 3.63) is 34.9 Å². The Bertz CT molecular complexity index is 678. The highest BCUT2D eigenvalue weighted by Gasteiger charge is 2.39. The third-order valence-corrected chi connectivity index (χ3v) is 6.56. The van der Waals surface area contributed by atoms with Crippen LogP contribution in [0.3, 0.4) is 0 Å². The maximum absolute atomic E-state index is 13.6. The molecule has 1 aromatic carbocycles. The first-order chi connectivity index (χ1) is 12.0. The molecule has 4 atom stereocenters. The summed E-state index contributed by atoms with van der Waals surface area (Å²) in [6.07, 6.45) is 7.71. The van der Waals surface area contributed by atoms with Crippen LogP contribution in [0.1, 0.15) is 62.0 Å². The fourth-order valence-electron chi connectivity index (χ4n) is 5.25. The molecule has 136 valence electrons. The van der Waals surface area contributed by atoms with E-state index in [0.717, 1.165) is 36.9 Å². The molecule has 0 spiro atoms. The van der Waals surface area contributed by atoms with Crippen molar-refractivity contribution in [2.75, 3.05) is 6.54 Å². The summed E-state index contributed by atoms with van der Waals surface area (Å²) in [4.78, 5) is 14.9. The summed E-state index contributed by atoms with van der Waals surface area (Å²) >= 11 is 0. The monoisotopic (exact) mass is 348 g/mol. The number of likely N-dealkylation sites (tertiary alicyclic amines) is 1. The minimum Gasteiger partial charge on any atom is -0.339 e. The normalized spacial score (nSPS) is 29.4. The molecule has 2 fully saturated rings. The number of benzene rings is 1. The fraction of sp³-hybridized carbons (Fsp3) is 0.650. The van der Waals surface area contributed by atoms with Gasteiger partial charge in [0.05, 0.1) is 0 Å². The zero-order valence-corrected chi connectivity index (χ0v) is 14.5. The van der Waals surface area contributed by atoms with Gasteiger partial charge in [-0.25, -0.2) is 8.78 Å². The van der Waals surface area contributed by atoms with E-state index < -0.39 is 11.6 Å². The van der Waals surface area contributed by atoms with Gasteiger partial charge >= 0.3 is 0 Å². The second-order valence-corrected chi connectivity index (χ2v) is 7.97. The quantitative estimate of drug-likeness (QED) is 0.909. The second-order valence-electron chi connectivity index (χ2n) is 7.97. The number of fused-ring (bicyclic) bond motifs is 2. The lowest BCUT2D eigenvalue weighted by Crippen LogP contribution is -2.42. The third-order valence-electron chi connectivity index (χ3n) is 6.56. The molecular formula is C20H26F2N2O. The van der Waals surface area contributed by atoms with Gasteiger partial charge in [0.25, 0.3) is 0 Å². The molecule has 4 rings (SSSR count). The number of hydrogen-bond donors (Lipinski definition) is 1. The summed E-state index contributed by atoms with van der Waals surface area (Å²) in [6.45, 7) is 0.849. The van der Waals surface area contributed by atoms with Crippen molar-refractivity contribution in [3.63, 3.8) is 0 Å². The molecule has 0 radical (unpaired) electrons. The summed E-state index contributed by atoms with van der Waals surface area (Å²) < 4.78 is 27.0. The standard InChI is InChI=1S/C20H26F2N2O/c21-16-9-13-5-6-14(15(13)10-17(16)22)18(23)11-20(25)24-8-7-12-3-1-2-4-19(12)24/h9-10,12,14,18-19H,1-8,11,23H2. The van der Waals surface area contributed by atoms with E-state index in [2.05, 4.69) is 0 Å². The number of nitrogens with two attached hydrogens (primary N) is 1. The van der Waals surface area contributed by atoms with Crippen LogP contribution in [0.25, 0.3) is 0 Å². The van der Waals surface area contributed by atoms with Crippen LogP contribution in [0.15, 0.2) is 12.1 Å². The average molecular weight is 348 g/mol. The van der Waals surface area contributed by atoms with E-state index in [1.54, 1.807) is 0 Å². The Morgan fingerprint density at radius 3 is 2.76 bits per heavy atom. The molecule has 1 aliphatic heterocycles. The Labute approximate surface area is 147 Å². The smallest absolute Gasteiger partial charge is 0.224 e. The van der Waals surface area contributed by atoms with E-state index in [4.69, 9.17) is 5.73 Å². The van der Waals surface area contributed by atoms with Crippen LogP contribution in [0, 0.1) is 17.6 Å². The molecule has 2 N–H and O–H groups in total. The molecule has 1 heterocycles. The topological polar surface area (TPSA) is 46.3 Å². The van der Waals surface area contributed by atoms with Crippen molar-refractivity contribution < 1.29 is 13.6 Å². The first kappa shape index (κ1) is 17.0. The van der Waals surface area contributed by atoms with Gasteiger partial charge in [-0.15, -0.1) is 0 Å². The van der Waals surface area contributed by atoms with Crippen molar-refractivity contribution in [3.8, 4) is 0 Å². The summed E-state index contributed by atoms with van der Waals surface area (Å²) in [6, 6.07) is 2.63. The maximum atomic E-state index is 13.6. The van der Waals surface area contributed by atoms with E-state index in [1.807, 2.05) is 4.90 Å². The van der Waals surface area contributed by atoms with Gasteiger partial charge in [-0.3, -0.25) is 4.79 Å². The van der Waals surface area contributed by atoms with E-state index in [0.29, 0.717) is 24.8 Å². The highest BCUT2D eigenvalue weighted by molar-refractivity contribution is 5.77. The molecule has 1 amide bonds. The first-order valence-electron chi connectivity index (χ1n) is 9.57. The number of amides is 1. The Hall–Kier alpha value is -1.49. The Morgan fingerprint density at radius 1 is 1.16 bits per heavy atom. The van der Waals surface area contributed by atoms with E-state index in [9.17, 15) is 13.6 Å². The van der Waals surface area contributed by atoms with Crippen LogP contribution in [-0.4, -0.2) is 29.4 Å². The van der Waals surface area contributed by atoms with Gasteiger partial charge in [0.15, 0.2) is 11.6 Å². The van der Waals surface area contributed by atoms with Crippen LogP contribution in [-0.2, 0) is 11.2 Å². The lowest BCUT2D eigenvalue weighted by Gasteiger charge is -2.33. The number of aryl methyl sites for hydroxylation is 1. The van der Waals surface area contributed by atoms with Gasteiger partial charge in [-0.1, -0.05) is 12.8 Å². The molecule has 1 saturated heterocycles. The van der Waals surface area contributed by atoms with Crippen LogP contribution in [0.5, 0.6) is 0 Å². The molecule has 0 aromatic heterocycles. The summed E-state index contributed by atoms with van der Waals surface area (Å²) in [5.74, 6) is -0.881. The van der Waals surface area contributed by atoms with Crippen LogP contribution >= 0.6 is 0 Å². The van der Waals surface area contributed by atoms with E-state index >= 15 is 0 Å². The van der Waals surface area contributed by atoms with E-state index in [-0.39, 0.29) is 17.9 Å². The molecule has 0 bridgehead atoms. The molecule has 4 unspecified atom stereocenters. The minimum absolute atomic E-state index is 0.0567. The predicted octanol–water partition coefficient (Wildman–Crippen LogP) is 3.50. The number of nitrogens with zero attached hydrogens (tertiary/aromatic N) is 1. The van der Waals surface area contributed by atoms with Crippen LogP contribution < -0.4 is 5.73 Å². The summed E-state index contributed by atoms with van der Waals surface area (Å²) in [5, 5.41) is 0. The van der Waals surface area contributed by atoms with Gasteiger partial charge in [-0.2, -0.15) is 0 Å². The largest absolute Gasteiger partial charge is 0.339 e. The van der Waals surface area contributed by atoms with Gasteiger partial charge in [0.1, 0.15) is 0 Å². The van der Waals surface area contributed by atoms with E-state index in [1.165, 1.54) is 31.4 Å². The number of hydrogen-bond acceptors (Lipinski definition) is 2. The van der Waals surface area contributed by atoms with Gasteiger partial charge in [0, 0.05) is 31.0 Å². The molecule has 3 nitrogen and oxygen atoms in total. The molecule has 2 aliphatic carbocycles. The molecule has 1 aromatic rings. The fourth-order valence-corrected chi connectivity index (χ4v) is 5.25. The van der Waals surface area contributed by atoms with Crippen LogP contribution in [0.2, 0.25) is 0 Å². The van der Waals surface area contributed by atoms with Crippen molar-refractivity contribution >= 4 is 5.91 Å². The summed E-state index contributed by atoms with van der Waals surface area (Å²) in [7, 11) is 0. The number of carbonyl (C=O) groups excluding carboxylic acids is 1. The Kier molecular flexibility index (Phi) is 4.52. The van der Waals surface area contributed by atoms with Crippen molar-refractivity contribution in [2.45, 2.75) is 69.4 Å². The SMILES string of the molecule is NC(CC(=O)N1CCC2CCCCC21)C1CCc2cc(F)c(F)cc21. The van der Waals surface area contributed by atoms with Crippen molar-refractivity contribution in [2.24, 2.45) is 11.7 Å². The zero-order valence-electron chi connectivity index (χ0n) is 14.5. The number of rotatable bonds is 3. The first-order valence-corrected chi connectivity index (χ1v) is 9.57. The minimum atomic E-state index is -0.825. The highest BCUT2D eigenvalue weighted by Crippen LogP contribution is 2.39. The zero-order chi connectivity index (χ0) is 17.6. The lowest BCUT2D eigenvalue weighted by molar-refractivity contribution is -0.133. The molecule has 25 heavy (non-hydrogen) atoms. The molecule has 3 aliphatic rings. The van der Waals surface area contributed by atoms with Gasteiger partial charge in [-0.05, 0) is 61.3 Å². The number of carbonyl (C=O) groups is 1. The highest BCUT2D eigenvalue weighted by atomic mass is 19.2. The lowest BCUT2D eigenvalue weighted by atomic mass is 9.85. The van der Waals surface area contributed by atoms with Gasteiger partial charge in [0.2, 0.25) is 5.91 Å². The average Bonchev–Trinajstić information content (AvgIpc) is 3.19. The molecule has 5 heteroatoms. The number of halogens is 2. The second kappa shape index (κ2) is 6.67. The maximum Gasteiger partial charge on any atom is 0.224 e. The van der Waals surface area contributed by atoms with Crippen molar-refractivity contribution in [1.82, 2.24) is 4.90 Å². The Morgan fingerprint density at radius 2 is 1.92 bits per heavy atom. The summed E-state index contributed by atoms with van der Waals surface area (Å²) in [5.41, 5.74) is 7.98. The predicted molar refractivity (Wildman–Crippen MR) is 92.1 cm³/mol. The molecule has 1 saturated carbocycles.